The van der Waals surface area contributed by atoms with Crippen molar-refractivity contribution in [3.8, 4) is 57.4 Å². The number of nitrogens with one attached hydrogen (secondary N) is 2. The predicted octanol–water partition coefficient (Wildman–Crippen LogP) is 6.90. The van der Waals surface area contributed by atoms with Gasteiger partial charge >= 0.3 is 11.9 Å². The molecule has 18 heteroatoms. The molecule has 0 amide bonds. The number of hydrogen-bond acceptors (Lipinski definition) is 15. The standard InChI is InChI=1S/C43H36N8O9S/c1-56-33-13-8-25(16-34(33)61(3,54)55)42-48-40(50-59-42)23-6-11-30-28(14-23)26-9-4-21(38(26)46-30)17-36(52)58-37(53)18-22-5-10-27-29-15-24(7-12-31(29)47-39(22)27)41-49-43(60-51-41)32-19-45-35(57-2)20-44-32/h6-8,11-16,19-22,46-47H,4-5,9-10,17-18H2,1-3H3. The number of benzene rings is 3. The molecule has 0 spiro atoms. The molecule has 5 aromatic heterocycles. The molecule has 0 radical (unpaired) electrons. The lowest BCUT2D eigenvalue weighted by atomic mass is 10.0. The van der Waals surface area contributed by atoms with Gasteiger partial charge in [0.1, 0.15) is 16.3 Å². The van der Waals surface area contributed by atoms with E-state index in [1.165, 1.54) is 32.7 Å². The third kappa shape index (κ3) is 6.97. The third-order valence-electron chi connectivity index (χ3n) is 11.5. The van der Waals surface area contributed by atoms with Crippen LogP contribution in [0.5, 0.6) is 11.6 Å². The number of nitrogens with zero attached hydrogens (tertiary/aromatic N) is 6. The van der Waals surface area contributed by atoms with Gasteiger partial charge in [-0.1, -0.05) is 10.3 Å². The van der Waals surface area contributed by atoms with Crippen molar-refractivity contribution in [2.45, 2.75) is 55.3 Å². The van der Waals surface area contributed by atoms with Crippen LogP contribution in [0.15, 0.2) is 80.9 Å². The number of rotatable bonds is 11. The molecule has 5 heterocycles. The largest absolute Gasteiger partial charge is 0.495 e. The summed E-state index contributed by atoms with van der Waals surface area (Å²) in [6, 6.07) is 16.3. The van der Waals surface area contributed by atoms with Crippen molar-refractivity contribution in [1.82, 2.24) is 40.2 Å². The highest BCUT2D eigenvalue weighted by molar-refractivity contribution is 7.90. The number of methoxy groups -OCH3 is 2. The highest BCUT2D eigenvalue weighted by atomic mass is 32.2. The van der Waals surface area contributed by atoms with E-state index in [-0.39, 0.29) is 47.1 Å². The van der Waals surface area contributed by atoms with Crippen molar-refractivity contribution in [2.24, 2.45) is 0 Å². The van der Waals surface area contributed by atoms with E-state index in [1.807, 2.05) is 36.4 Å². The van der Waals surface area contributed by atoms with Crippen LogP contribution in [0.2, 0.25) is 0 Å². The summed E-state index contributed by atoms with van der Waals surface area (Å²) in [5, 5.41) is 10.3. The van der Waals surface area contributed by atoms with E-state index in [0.29, 0.717) is 34.3 Å². The van der Waals surface area contributed by atoms with Crippen LogP contribution in [0.3, 0.4) is 0 Å². The molecule has 0 bridgehead atoms. The third-order valence-corrected chi connectivity index (χ3v) is 12.6. The van der Waals surface area contributed by atoms with E-state index < -0.39 is 21.8 Å². The first-order chi connectivity index (χ1) is 29.5. The molecule has 61 heavy (non-hydrogen) atoms. The van der Waals surface area contributed by atoms with Crippen molar-refractivity contribution >= 4 is 43.6 Å². The predicted molar refractivity (Wildman–Crippen MR) is 218 cm³/mol. The first kappa shape index (κ1) is 38.0. The molecule has 2 aliphatic carbocycles. The Bertz CT molecular complexity index is 3150. The summed E-state index contributed by atoms with van der Waals surface area (Å²) >= 11 is 0. The number of aryl methyl sites for hydroxylation is 2. The lowest BCUT2D eigenvalue weighted by Gasteiger charge is -2.11. The first-order valence-electron chi connectivity index (χ1n) is 19.5. The number of carbonyl (C=O) groups is 2. The minimum atomic E-state index is -3.57. The zero-order chi connectivity index (χ0) is 42.0. The Kier molecular flexibility index (Phi) is 9.23. The number of hydrogen-bond donors (Lipinski definition) is 2. The summed E-state index contributed by atoms with van der Waals surface area (Å²) in [5.41, 5.74) is 8.29. The molecule has 8 aromatic rings. The van der Waals surface area contributed by atoms with Crippen molar-refractivity contribution in [3.63, 3.8) is 0 Å². The van der Waals surface area contributed by atoms with E-state index in [4.69, 9.17) is 23.3 Å². The maximum Gasteiger partial charge on any atom is 0.314 e. The molecule has 2 atom stereocenters. The van der Waals surface area contributed by atoms with Gasteiger partial charge in [-0.25, -0.2) is 18.4 Å². The van der Waals surface area contributed by atoms with Crippen LogP contribution in [0, 0.1) is 0 Å². The SMILES string of the molecule is COc1cnc(-c2nc(-c3ccc4[nH]c5c(c4c3)CCC5CC(=O)OC(=O)CC3CCc4c3[nH]c3ccc(-c5noc(-c6ccc(OC)c(S(C)(=O)=O)c6)n5)cc43)no2)cn1. The van der Waals surface area contributed by atoms with Gasteiger partial charge in [-0.2, -0.15) is 9.97 Å². The smallest absolute Gasteiger partial charge is 0.314 e. The van der Waals surface area contributed by atoms with Gasteiger partial charge in [-0.15, -0.1) is 0 Å². The molecule has 2 N–H and O–H groups in total. The van der Waals surface area contributed by atoms with E-state index in [2.05, 4.69) is 40.2 Å². The summed E-state index contributed by atoms with van der Waals surface area (Å²) in [4.78, 5) is 50.9. The second kappa shape index (κ2) is 14.8. The van der Waals surface area contributed by atoms with E-state index >= 15 is 0 Å². The van der Waals surface area contributed by atoms with Crippen LogP contribution < -0.4 is 9.47 Å². The Morgan fingerprint density at radius 3 is 1.84 bits per heavy atom. The summed E-state index contributed by atoms with van der Waals surface area (Å²) in [5.74, 6) is 0.386. The normalized spacial score (nSPS) is 15.9. The molecule has 2 unspecified atom stereocenters. The van der Waals surface area contributed by atoms with Crippen molar-refractivity contribution in [2.75, 3.05) is 20.5 Å². The Morgan fingerprint density at radius 1 is 0.721 bits per heavy atom. The van der Waals surface area contributed by atoms with Crippen molar-refractivity contribution in [1.29, 1.82) is 0 Å². The average Bonchev–Trinajstić information content (AvgIpc) is 4.12. The van der Waals surface area contributed by atoms with Gasteiger partial charge in [-0.3, -0.25) is 9.59 Å². The van der Waals surface area contributed by atoms with E-state index in [9.17, 15) is 18.0 Å². The minimum absolute atomic E-state index is 0.0217. The lowest BCUT2D eigenvalue weighted by molar-refractivity contribution is -0.160. The molecule has 2 aliphatic rings. The molecule has 17 nitrogen and oxygen atoms in total. The maximum absolute atomic E-state index is 13.2. The molecule has 0 aliphatic heterocycles. The van der Waals surface area contributed by atoms with Crippen LogP contribution in [0.4, 0.5) is 0 Å². The molecule has 0 saturated carbocycles. The number of aromatic amines is 2. The number of carbonyl (C=O) groups excluding carboxylic acids is 2. The van der Waals surface area contributed by atoms with Crippen LogP contribution in [-0.2, 0) is 37.0 Å². The fourth-order valence-electron chi connectivity index (χ4n) is 8.53. The number of fused-ring (bicyclic) bond motifs is 6. The molecular weight excluding hydrogens is 805 g/mol. The zero-order valence-electron chi connectivity index (χ0n) is 33.0. The fraction of sp³-hybridized carbons (Fsp3) is 0.256. The molecular formula is C43H36N8O9S. The quantitative estimate of drug-likeness (QED) is 0.0996. The number of ether oxygens (including phenoxy) is 3. The summed E-state index contributed by atoms with van der Waals surface area (Å²) in [6.07, 6.45) is 7.20. The second-order valence-electron chi connectivity index (χ2n) is 15.2. The summed E-state index contributed by atoms with van der Waals surface area (Å²) in [6.45, 7) is 0. The van der Waals surface area contributed by atoms with Crippen LogP contribution >= 0.6 is 0 Å². The fourth-order valence-corrected chi connectivity index (χ4v) is 9.39. The average molecular weight is 841 g/mol. The van der Waals surface area contributed by atoms with Gasteiger partial charge in [0.2, 0.25) is 17.5 Å². The van der Waals surface area contributed by atoms with Gasteiger partial charge < -0.3 is 33.2 Å². The van der Waals surface area contributed by atoms with Gasteiger partial charge in [-0.05, 0) is 91.4 Å². The Balaban J connectivity index is 0.788. The number of H-pyrrole nitrogens is 2. The highest BCUT2D eigenvalue weighted by Gasteiger charge is 2.33. The first-order valence-corrected chi connectivity index (χ1v) is 21.4. The van der Waals surface area contributed by atoms with Crippen molar-refractivity contribution in [3.05, 3.63) is 89.5 Å². The lowest BCUT2D eigenvalue weighted by Crippen LogP contribution is -2.16. The topological polar surface area (TPSA) is 231 Å². The molecule has 10 rings (SSSR count). The maximum atomic E-state index is 13.2. The number of sulfone groups is 1. The van der Waals surface area contributed by atoms with Crippen LogP contribution in [0.25, 0.3) is 67.6 Å². The number of esters is 2. The monoisotopic (exact) mass is 840 g/mol. The van der Waals surface area contributed by atoms with Crippen LogP contribution in [0.1, 0.15) is 60.0 Å². The van der Waals surface area contributed by atoms with Gasteiger partial charge in [0.15, 0.2) is 9.84 Å². The molecule has 0 fully saturated rings. The Morgan fingerprint density at radius 2 is 1.30 bits per heavy atom. The zero-order valence-corrected chi connectivity index (χ0v) is 33.8. The Labute approximate surface area is 346 Å². The molecule has 3 aromatic carbocycles. The van der Waals surface area contributed by atoms with Crippen LogP contribution in [-0.4, -0.2) is 81.0 Å². The Hall–Kier alpha value is -7.21. The second-order valence-corrected chi connectivity index (χ2v) is 17.2. The van der Waals surface area contributed by atoms with E-state index in [0.717, 1.165) is 81.8 Å². The highest BCUT2D eigenvalue weighted by Crippen LogP contribution is 2.43. The molecule has 308 valence electrons. The summed E-state index contributed by atoms with van der Waals surface area (Å²) in [7, 11) is -0.654. The minimum Gasteiger partial charge on any atom is -0.495 e. The molecule has 0 saturated heterocycles. The van der Waals surface area contributed by atoms with Gasteiger partial charge in [0.25, 0.3) is 11.8 Å². The van der Waals surface area contributed by atoms with Gasteiger partial charge in [0, 0.05) is 68.0 Å². The van der Waals surface area contributed by atoms with Crippen molar-refractivity contribution < 1.29 is 41.3 Å². The van der Waals surface area contributed by atoms with E-state index in [1.54, 1.807) is 12.1 Å². The van der Waals surface area contributed by atoms with Gasteiger partial charge in [0.05, 0.1) is 39.5 Å². The number of aromatic nitrogens is 8. The summed E-state index contributed by atoms with van der Waals surface area (Å²) < 4.78 is 51.4.